The van der Waals surface area contributed by atoms with Crippen LogP contribution >= 0.6 is 11.6 Å². The molecule has 2 aliphatic rings. The van der Waals surface area contributed by atoms with Crippen LogP contribution in [0.25, 0.3) is 0 Å². The van der Waals surface area contributed by atoms with Crippen molar-refractivity contribution in [3.8, 4) is 5.75 Å². The van der Waals surface area contributed by atoms with Gasteiger partial charge in [0.25, 0.3) is 5.91 Å². The number of methoxy groups -OCH3 is 1. The number of rotatable bonds is 5. The minimum Gasteiger partial charge on any atom is -0.497 e. The second kappa shape index (κ2) is 11.5. The molecule has 5 amide bonds. The SMILES string of the molecule is COc1ccc(NC(=O)N2CCN(C(=O)Nc3cccc(Cl)c3)C2C(=O)NC2CCC(N)CC2)cc1. The highest BCUT2D eigenvalue weighted by Gasteiger charge is 2.43. The van der Waals surface area contributed by atoms with Crippen molar-refractivity contribution in [2.24, 2.45) is 5.73 Å². The maximum atomic E-state index is 13.4. The molecule has 36 heavy (non-hydrogen) atoms. The fourth-order valence-electron chi connectivity index (χ4n) is 4.51. The van der Waals surface area contributed by atoms with E-state index in [0.29, 0.717) is 22.1 Å². The molecule has 5 N–H and O–H groups in total. The van der Waals surface area contributed by atoms with Crippen LogP contribution in [0.15, 0.2) is 48.5 Å². The summed E-state index contributed by atoms with van der Waals surface area (Å²) in [6.07, 6.45) is 2.03. The van der Waals surface area contributed by atoms with Gasteiger partial charge in [-0.1, -0.05) is 17.7 Å². The number of urea groups is 2. The molecule has 2 aromatic rings. The number of nitrogens with zero attached hydrogens (tertiary/aromatic N) is 2. The zero-order valence-electron chi connectivity index (χ0n) is 20.1. The smallest absolute Gasteiger partial charge is 0.323 e. The van der Waals surface area contributed by atoms with Crippen molar-refractivity contribution in [2.75, 3.05) is 30.8 Å². The van der Waals surface area contributed by atoms with Gasteiger partial charge < -0.3 is 26.4 Å². The van der Waals surface area contributed by atoms with Crippen LogP contribution in [0.2, 0.25) is 5.02 Å². The molecule has 10 nitrogen and oxygen atoms in total. The minimum atomic E-state index is -1.11. The molecule has 0 radical (unpaired) electrons. The molecule has 0 aromatic heterocycles. The fraction of sp³-hybridized carbons (Fsp3) is 0.400. The monoisotopic (exact) mass is 514 g/mol. The van der Waals surface area contributed by atoms with Gasteiger partial charge in [-0.25, -0.2) is 9.59 Å². The van der Waals surface area contributed by atoms with Gasteiger partial charge in [-0.2, -0.15) is 0 Å². The van der Waals surface area contributed by atoms with Gasteiger partial charge in [-0.3, -0.25) is 14.6 Å². The Balaban J connectivity index is 1.51. The topological polar surface area (TPSA) is 129 Å². The largest absolute Gasteiger partial charge is 0.497 e. The van der Waals surface area contributed by atoms with E-state index in [4.69, 9.17) is 22.1 Å². The number of nitrogens with one attached hydrogen (secondary N) is 3. The van der Waals surface area contributed by atoms with Gasteiger partial charge >= 0.3 is 12.1 Å². The fourth-order valence-corrected chi connectivity index (χ4v) is 4.70. The lowest BCUT2D eigenvalue weighted by atomic mass is 9.92. The van der Waals surface area contributed by atoms with E-state index < -0.39 is 24.1 Å². The van der Waals surface area contributed by atoms with Crippen LogP contribution < -0.4 is 26.4 Å². The van der Waals surface area contributed by atoms with E-state index in [1.165, 1.54) is 9.80 Å². The van der Waals surface area contributed by atoms with E-state index in [0.717, 1.165) is 25.7 Å². The summed E-state index contributed by atoms with van der Waals surface area (Å²) in [5, 5.41) is 9.08. The second-order valence-corrected chi connectivity index (χ2v) is 9.42. The summed E-state index contributed by atoms with van der Waals surface area (Å²) in [5.74, 6) is 0.251. The third-order valence-electron chi connectivity index (χ3n) is 6.46. The molecule has 1 heterocycles. The number of anilines is 2. The van der Waals surface area contributed by atoms with Crippen molar-refractivity contribution in [3.05, 3.63) is 53.6 Å². The molecule has 4 rings (SSSR count). The molecule has 2 aromatic carbocycles. The van der Waals surface area contributed by atoms with Crippen LogP contribution in [0.1, 0.15) is 25.7 Å². The lowest BCUT2D eigenvalue weighted by molar-refractivity contribution is -0.128. The Morgan fingerprint density at radius 2 is 1.53 bits per heavy atom. The number of hydrogen-bond acceptors (Lipinski definition) is 5. The molecular formula is C25H31ClN6O4. The molecule has 1 saturated carbocycles. The van der Waals surface area contributed by atoms with Crippen LogP contribution in [-0.4, -0.2) is 66.2 Å². The number of benzene rings is 2. The molecule has 1 saturated heterocycles. The molecule has 0 bridgehead atoms. The van der Waals surface area contributed by atoms with E-state index in [9.17, 15) is 14.4 Å². The summed E-state index contributed by atoms with van der Waals surface area (Å²) in [7, 11) is 1.56. The van der Waals surface area contributed by atoms with Crippen LogP contribution in [0.5, 0.6) is 5.75 Å². The summed E-state index contributed by atoms with van der Waals surface area (Å²) in [4.78, 5) is 42.5. The standard InChI is InChI=1S/C25H31ClN6O4/c1-36-21-11-9-19(10-12-21)29-24(34)31-13-14-32(25(35)30-20-4-2-3-16(26)15-20)23(31)22(33)28-18-7-5-17(27)6-8-18/h2-4,9-12,15,17-18,23H,5-8,13-14,27H2,1H3,(H,28,33)(H,29,34)(H,30,35). The first-order valence-electron chi connectivity index (χ1n) is 11.9. The van der Waals surface area contributed by atoms with E-state index in [1.807, 2.05) is 0 Å². The van der Waals surface area contributed by atoms with Crippen LogP contribution in [-0.2, 0) is 4.79 Å². The first kappa shape index (κ1) is 25.6. The predicted octanol–water partition coefficient (Wildman–Crippen LogP) is 3.44. The van der Waals surface area contributed by atoms with Crippen molar-refractivity contribution in [3.63, 3.8) is 0 Å². The summed E-state index contributed by atoms with van der Waals surface area (Å²) in [6, 6.07) is 12.7. The zero-order valence-corrected chi connectivity index (χ0v) is 20.8. The lowest BCUT2D eigenvalue weighted by Gasteiger charge is -2.32. The molecule has 1 aliphatic carbocycles. The normalized spacial score (nSPS) is 21.6. The predicted molar refractivity (Wildman–Crippen MR) is 138 cm³/mol. The van der Waals surface area contributed by atoms with Gasteiger partial charge in [-0.05, 0) is 68.1 Å². The number of carbonyl (C=O) groups excluding carboxylic acids is 3. The Hall–Kier alpha value is -3.50. The van der Waals surface area contributed by atoms with Gasteiger partial charge in [0.05, 0.1) is 7.11 Å². The Bertz CT molecular complexity index is 1090. The molecular weight excluding hydrogens is 484 g/mol. The molecule has 1 aliphatic heterocycles. The van der Waals surface area contributed by atoms with E-state index in [1.54, 1.807) is 55.6 Å². The number of carbonyl (C=O) groups is 3. The van der Waals surface area contributed by atoms with Crippen molar-refractivity contribution >= 4 is 40.9 Å². The number of amides is 5. The molecule has 1 atom stereocenters. The Morgan fingerprint density at radius 3 is 2.11 bits per heavy atom. The van der Waals surface area contributed by atoms with Crippen molar-refractivity contribution in [1.82, 2.24) is 15.1 Å². The van der Waals surface area contributed by atoms with E-state index in [-0.39, 0.29) is 25.2 Å². The zero-order chi connectivity index (χ0) is 25.7. The lowest BCUT2D eigenvalue weighted by Crippen LogP contribution is -2.57. The Kier molecular flexibility index (Phi) is 8.17. The van der Waals surface area contributed by atoms with E-state index in [2.05, 4.69) is 16.0 Å². The van der Waals surface area contributed by atoms with Gasteiger partial charge in [0.2, 0.25) is 0 Å². The van der Waals surface area contributed by atoms with Gasteiger partial charge in [0.15, 0.2) is 6.17 Å². The summed E-state index contributed by atoms with van der Waals surface area (Å²) in [5.41, 5.74) is 7.04. The van der Waals surface area contributed by atoms with E-state index >= 15 is 0 Å². The summed E-state index contributed by atoms with van der Waals surface area (Å²) < 4.78 is 5.15. The first-order chi connectivity index (χ1) is 17.3. The number of halogens is 1. The maximum Gasteiger partial charge on any atom is 0.323 e. The van der Waals surface area contributed by atoms with Crippen molar-refractivity contribution in [2.45, 2.75) is 43.9 Å². The number of ether oxygens (including phenoxy) is 1. The van der Waals surface area contributed by atoms with Gasteiger partial charge in [-0.15, -0.1) is 0 Å². The highest BCUT2D eigenvalue weighted by molar-refractivity contribution is 6.30. The highest BCUT2D eigenvalue weighted by Crippen LogP contribution is 2.23. The van der Waals surface area contributed by atoms with Crippen molar-refractivity contribution in [1.29, 1.82) is 0 Å². The number of nitrogens with two attached hydrogens (primary N) is 1. The average Bonchev–Trinajstić information content (AvgIpc) is 3.32. The first-order valence-corrected chi connectivity index (χ1v) is 12.3. The Morgan fingerprint density at radius 1 is 0.917 bits per heavy atom. The maximum absolute atomic E-state index is 13.4. The van der Waals surface area contributed by atoms with Crippen LogP contribution in [0, 0.1) is 0 Å². The van der Waals surface area contributed by atoms with Gasteiger partial charge in [0, 0.05) is 41.6 Å². The quantitative estimate of drug-likeness (QED) is 0.485. The molecule has 2 fully saturated rings. The molecule has 1 unspecified atom stereocenters. The minimum absolute atomic E-state index is 0.0535. The number of hydrogen-bond donors (Lipinski definition) is 4. The molecule has 192 valence electrons. The summed E-state index contributed by atoms with van der Waals surface area (Å²) in [6.45, 7) is 0.384. The highest BCUT2D eigenvalue weighted by atomic mass is 35.5. The third-order valence-corrected chi connectivity index (χ3v) is 6.70. The van der Waals surface area contributed by atoms with Crippen LogP contribution in [0.4, 0.5) is 21.0 Å². The average molecular weight is 515 g/mol. The molecule has 0 spiro atoms. The molecule has 11 heteroatoms. The van der Waals surface area contributed by atoms with Gasteiger partial charge in [0.1, 0.15) is 5.75 Å². The third kappa shape index (κ3) is 6.19. The summed E-state index contributed by atoms with van der Waals surface area (Å²) >= 11 is 6.04. The van der Waals surface area contributed by atoms with Crippen LogP contribution in [0.3, 0.4) is 0 Å². The second-order valence-electron chi connectivity index (χ2n) is 8.98. The Labute approximate surface area is 215 Å². The van der Waals surface area contributed by atoms with Crippen molar-refractivity contribution < 1.29 is 19.1 Å².